The maximum Gasteiger partial charge on any atom is 0.127 e. The van der Waals surface area contributed by atoms with Crippen molar-refractivity contribution in [1.29, 1.82) is 5.26 Å². The molecule has 2 aromatic carbocycles. The van der Waals surface area contributed by atoms with Crippen molar-refractivity contribution in [2.24, 2.45) is 17.3 Å². The van der Waals surface area contributed by atoms with E-state index in [0.29, 0.717) is 5.92 Å². The Balaban J connectivity index is 1.84. The minimum atomic E-state index is -0.157. The highest BCUT2D eigenvalue weighted by atomic mass is 79.9. The molecule has 0 aromatic heterocycles. The van der Waals surface area contributed by atoms with Crippen LogP contribution in [0.5, 0.6) is 11.5 Å². The Morgan fingerprint density at radius 3 is 2.44 bits per heavy atom. The molecule has 0 saturated heterocycles. The SMILES string of the molecule is CC1(C)[C@H](C=C(Br)Br)[C@@H]1C(C#N)c1cccc(Oc2ccccc2)c1. The van der Waals surface area contributed by atoms with Crippen molar-refractivity contribution in [1.82, 2.24) is 0 Å². The first-order chi connectivity index (χ1) is 11.9. The van der Waals surface area contributed by atoms with Gasteiger partial charge in [-0.1, -0.05) is 50.3 Å². The summed E-state index contributed by atoms with van der Waals surface area (Å²) in [4.78, 5) is 0. The van der Waals surface area contributed by atoms with Gasteiger partial charge < -0.3 is 4.74 Å². The lowest BCUT2D eigenvalue weighted by atomic mass is 9.91. The van der Waals surface area contributed by atoms with Crippen molar-refractivity contribution in [2.75, 3.05) is 0 Å². The van der Waals surface area contributed by atoms with Crippen LogP contribution in [0.4, 0.5) is 0 Å². The zero-order valence-electron chi connectivity index (χ0n) is 14.1. The third kappa shape index (κ3) is 3.99. The molecule has 0 aliphatic heterocycles. The molecule has 1 unspecified atom stereocenters. The molecular weight excluding hydrogens is 442 g/mol. The molecule has 0 spiro atoms. The van der Waals surface area contributed by atoms with E-state index in [-0.39, 0.29) is 17.3 Å². The second-order valence-electron chi connectivity index (χ2n) is 6.92. The molecule has 0 N–H and O–H groups in total. The van der Waals surface area contributed by atoms with Crippen molar-refractivity contribution in [3.05, 3.63) is 69.6 Å². The average molecular weight is 461 g/mol. The molecule has 25 heavy (non-hydrogen) atoms. The number of para-hydroxylation sites is 1. The molecule has 128 valence electrons. The van der Waals surface area contributed by atoms with Crippen molar-refractivity contribution in [2.45, 2.75) is 19.8 Å². The lowest BCUT2D eigenvalue weighted by Crippen LogP contribution is -2.03. The Labute approximate surface area is 165 Å². The highest BCUT2D eigenvalue weighted by molar-refractivity contribution is 9.28. The highest BCUT2D eigenvalue weighted by Gasteiger charge is 2.60. The number of ether oxygens (including phenoxy) is 1. The summed E-state index contributed by atoms with van der Waals surface area (Å²) in [6.45, 7) is 4.44. The first-order valence-corrected chi connectivity index (χ1v) is 9.77. The summed E-state index contributed by atoms with van der Waals surface area (Å²) in [6, 6.07) is 20.1. The molecular formula is C21H19Br2NO. The fourth-order valence-electron chi connectivity index (χ4n) is 3.57. The Morgan fingerprint density at radius 2 is 1.80 bits per heavy atom. The Hall–Kier alpha value is -1.57. The van der Waals surface area contributed by atoms with E-state index in [1.165, 1.54) is 0 Å². The van der Waals surface area contributed by atoms with E-state index in [0.717, 1.165) is 20.5 Å². The maximum absolute atomic E-state index is 9.82. The van der Waals surface area contributed by atoms with Gasteiger partial charge in [0, 0.05) is 0 Å². The van der Waals surface area contributed by atoms with Crippen molar-refractivity contribution >= 4 is 31.9 Å². The van der Waals surface area contributed by atoms with Gasteiger partial charge in [-0.2, -0.15) is 5.26 Å². The van der Waals surface area contributed by atoms with E-state index in [4.69, 9.17) is 4.74 Å². The molecule has 2 nitrogen and oxygen atoms in total. The molecule has 0 amide bonds. The van der Waals surface area contributed by atoms with Crippen molar-refractivity contribution < 1.29 is 4.74 Å². The number of nitriles is 1. The van der Waals surface area contributed by atoms with Gasteiger partial charge in [0.2, 0.25) is 0 Å². The molecule has 1 aliphatic rings. The molecule has 0 radical (unpaired) electrons. The summed E-state index contributed by atoms with van der Waals surface area (Å²) < 4.78 is 6.86. The number of hydrogen-bond donors (Lipinski definition) is 0. The topological polar surface area (TPSA) is 33.0 Å². The molecule has 0 bridgehead atoms. The third-order valence-corrected chi connectivity index (χ3v) is 5.52. The summed E-state index contributed by atoms with van der Waals surface area (Å²) in [5.74, 6) is 2.05. The van der Waals surface area contributed by atoms with Crippen LogP contribution in [0, 0.1) is 28.6 Å². The largest absolute Gasteiger partial charge is 0.457 e. The molecule has 1 fully saturated rings. The van der Waals surface area contributed by atoms with Crippen LogP contribution in [0.1, 0.15) is 25.3 Å². The quantitative estimate of drug-likeness (QED) is 0.481. The van der Waals surface area contributed by atoms with Gasteiger partial charge in [0.1, 0.15) is 11.5 Å². The summed E-state index contributed by atoms with van der Waals surface area (Å²) >= 11 is 6.89. The second-order valence-corrected chi connectivity index (χ2v) is 9.70. The van der Waals surface area contributed by atoms with Crippen molar-refractivity contribution in [3.8, 4) is 17.6 Å². The predicted molar refractivity (Wildman–Crippen MR) is 108 cm³/mol. The van der Waals surface area contributed by atoms with E-state index < -0.39 is 0 Å². The minimum absolute atomic E-state index is 0.101. The van der Waals surface area contributed by atoms with Crippen LogP contribution in [0.2, 0.25) is 0 Å². The van der Waals surface area contributed by atoms with Gasteiger partial charge in [-0.3, -0.25) is 0 Å². The Kier molecular flexibility index (Phi) is 5.36. The summed E-state index contributed by atoms with van der Waals surface area (Å²) in [5.41, 5.74) is 1.11. The Morgan fingerprint density at radius 1 is 1.12 bits per heavy atom. The van der Waals surface area contributed by atoms with Crippen molar-refractivity contribution in [3.63, 3.8) is 0 Å². The van der Waals surface area contributed by atoms with Gasteiger partial charge >= 0.3 is 0 Å². The lowest BCUT2D eigenvalue weighted by Gasteiger charge is -2.13. The number of halogens is 2. The molecule has 3 rings (SSSR count). The summed E-state index contributed by atoms with van der Waals surface area (Å²) in [6.07, 6.45) is 2.15. The Bertz CT molecular complexity index is 819. The number of rotatable bonds is 5. The van der Waals surface area contributed by atoms with Gasteiger partial charge in [0.15, 0.2) is 0 Å². The van der Waals surface area contributed by atoms with Gasteiger partial charge in [-0.15, -0.1) is 0 Å². The molecule has 1 aliphatic carbocycles. The fraction of sp³-hybridized carbons (Fsp3) is 0.286. The van der Waals surface area contributed by atoms with Crippen LogP contribution in [0.25, 0.3) is 0 Å². The predicted octanol–water partition coefficient (Wildman–Crippen LogP) is 6.99. The highest BCUT2D eigenvalue weighted by Crippen LogP contribution is 2.65. The fourth-order valence-corrected chi connectivity index (χ4v) is 4.14. The maximum atomic E-state index is 9.82. The molecule has 0 heterocycles. The zero-order valence-corrected chi connectivity index (χ0v) is 17.3. The first-order valence-electron chi connectivity index (χ1n) is 8.19. The van der Waals surface area contributed by atoms with Crippen LogP contribution in [-0.2, 0) is 0 Å². The monoisotopic (exact) mass is 459 g/mol. The molecule has 2 aromatic rings. The van der Waals surface area contributed by atoms with E-state index >= 15 is 0 Å². The normalized spacial score (nSPS) is 21.7. The number of hydrogen-bond acceptors (Lipinski definition) is 2. The molecule has 4 heteroatoms. The number of nitrogens with zero attached hydrogens (tertiary/aromatic N) is 1. The summed E-state index contributed by atoms with van der Waals surface area (Å²) in [5, 5.41) is 9.82. The van der Waals surface area contributed by atoms with E-state index in [2.05, 4.69) is 57.9 Å². The zero-order chi connectivity index (χ0) is 18.0. The van der Waals surface area contributed by atoms with Gasteiger partial charge in [0.05, 0.1) is 15.4 Å². The van der Waals surface area contributed by atoms with E-state index in [1.54, 1.807) is 0 Å². The standard InChI is InChI=1S/C21H19Br2NO/c1-21(2)18(12-19(22)23)20(21)17(13-24)14-7-6-10-16(11-14)25-15-8-4-3-5-9-15/h3-12,17-18,20H,1-2H3/t17?,18-,20+/m1/s1. The van der Waals surface area contributed by atoms with Crippen LogP contribution in [-0.4, -0.2) is 0 Å². The van der Waals surface area contributed by atoms with Crippen LogP contribution in [0.15, 0.2) is 64.1 Å². The van der Waals surface area contributed by atoms with E-state index in [1.807, 2.05) is 54.6 Å². The van der Waals surface area contributed by atoms with Crippen LogP contribution >= 0.6 is 31.9 Å². The van der Waals surface area contributed by atoms with Gasteiger partial charge in [-0.05, 0) is 78.9 Å². The first kappa shape index (κ1) is 18.2. The lowest BCUT2D eigenvalue weighted by molar-refractivity contribution is 0.479. The van der Waals surface area contributed by atoms with Crippen LogP contribution in [0.3, 0.4) is 0 Å². The van der Waals surface area contributed by atoms with E-state index in [9.17, 15) is 5.26 Å². The van der Waals surface area contributed by atoms with Gasteiger partial charge in [-0.25, -0.2) is 0 Å². The molecule has 1 saturated carbocycles. The number of benzene rings is 2. The molecule has 3 atom stereocenters. The third-order valence-electron chi connectivity index (χ3n) is 5.00. The van der Waals surface area contributed by atoms with Crippen LogP contribution < -0.4 is 4.74 Å². The average Bonchev–Trinajstić information content (AvgIpc) is 3.09. The summed E-state index contributed by atoms with van der Waals surface area (Å²) in [7, 11) is 0. The smallest absolute Gasteiger partial charge is 0.127 e. The second kappa shape index (κ2) is 7.35. The number of allylic oxidation sites excluding steroid dienone is 1. The minimum Gasteiger partial charge on any atom is -0.457 e. The van der Waals surface area contributed by atoms with Gasteiger partial charge in [0.25, 0.3) is 0 Å².